The number of hydrogen-bond donors (Lipinski definition) is 1. The third-order valence-electron chi connectivity index (χ3n) is 4.09. The molecule has 3 heteroatoms. The molecule has 0 bridgehead atoms. The average molecular weight is 264 g/mol. The minimum absolute atomic E-state index is 0.173. The second-order valence-electron chi connectivity index (χ2n) is 6.47. The zero-order valence-electron chi connectivity index (χ0n) is 12.1. The lowest BCUT2D eigenvalue weighted by atomic mass is 9.85. The van der Waals surface area contributed by atoms with E-state index < -0.39 is 0 Å². The molecule has 2 N–H and O–H groups in total. The Bertz CT molecular complexity index is 429. The Labute approximate surface area is 115 Å². The molecule has 1 fully saturated rings. The van der Waals surface area contributed by atoms with Crippen LogP contribution in [0.3, 0.4) is 0 Å². The molecule has 1 aromatic rings. The highest BCUT2D eigenvalue weighted by Gasteiger charge is 2.22. The van der Waals surface area contributed by atoms with Gasteiger partial charge in [-0.2, -0.15) is 0 Å². The van der Waals surface area contributed by atoms with Crippen molar-refractivity contribution in [2.24, 2.45) is 11.1 Å². The summed E-state index contributed by atoms with van der Waals surface area (Å²) in [6, 6.07) is 5.18. The van der Waals surface area contributed by atoms with Crippen molar-refractivity contribution >= 4 is 0 Å². The highest BCUT2D eigenvalue weighted by atomic mass is 19.1. The smallest absolute Gasteiger partial charge is 0.123 e. The molecule has 2 rings (SSSR count). The van der Waals surface area contributed by atoms with Crippen molar-refractivity contribution in [2.45, 2.75) is 46.2 Å². The minimum atomic E-state index is -0.173. The van der Waals surface area contributed by atoms with Gasteiger partial charge in [0, 0.05) is 13.1 Å². The molecule has 19 heavy (non-hydrogen) atoms. The summed E-state index contributed by atoms with van der Waals surface area (Å²) >= 11 is 0. The van der Waals surface area contributed by atoms with E-state index in [1.54, 1.807) is 6.07 Å². The fraction of sp³-hybridized carbons (Fsp3) is 0.625. The van der Waals surface area contributed by atoms with Gasteiger partial charge < -0.3 is 5.73 Å². The molecule has 1 aliphatic heterocycles. The van der Waals surface area contributed by atoms with Crippen LogP contribution in [0, 0.1) is 11.2 Å². The average Bonchev–Trinajstić information content (AvgIpc) is 2.50. The SMILES string of the molecule is CC1(C)CCCN(Cc2cc(F)cc(CN)c2)CC1. The van der Waals surface area contributed by atoms with E-state index in [1.165, 1.54) is 25.3 Å². The predicted molar refractivity (Wildman–Crippen MR) is 77.2 cm³/mol. The largest absolute Gasteiger partial charge is 0.326 e. The van der Waals surface area contributed by atoms with Crippen LogP contribution in [0.25, 0.3) is 0 Å². The lowest BCUT2D eigenvalue weighted by molar-refractivity contribution is 0.255. The lowest BCUT2D eigenvalue weighted by Crippen LogP contribution is -2.25. The van der Waals surface area contributed by atoms with Crippen molar-refractivity contribution in [1.82, 2.24) is 4.90 Å². The van der Waals surface area contributed by atoms with E-state index in [-0.39, 0.29) is 5.82 Å². The molecule has 0 aromatic heterocycles. The molecule has 0 radical (unpaired) electrons. The lowest BCUT2D eigenvalue weighted by Gasteiger charge is -2.23. The van der Waals surface area contributed by atoms with Crippen molar-refractivity contribution in [3.63, 3.8) is 0 Å². The van der Waals surface area contributed by atoms with Crippen LogP contribution in [0.2, 0.25) is 0 Å². The molecule has 0 unspecified atom stereocenters. The van der Waals surface area contributed by atoms with Crippen LogP contribution in [0.1, 0.15) is 44.2 Å². The van der Waals surface area contributed by atoms with Crippen LogP contribution in [-0.4, -0.2) is 18.0 Å². The van der Waals surface area contributed by atoms with Crippen LogP contribution >= 0.6 is 0 Å². The zero-order valence-corrected chi connectivity index (χ0v) is 12.1. The molecule has 0 amide bonds. The number of rotatable bonds is 3. The maximum Gasteiger partial charge on any atom is 0.123 e. The summed E-state index contributed by atoms with van der Waals surface area (Å²) in [5, 5.41) is 0. The Balaban J connectivity index is 2.02. The maximum absolute atomic E-state index is 13.5. The Hall–Kier alpha value is -0.930. The van der Waals surface area contributed by atoms with Gasteiger partial charge in [0.05, 0.1) is 0 Å². The summed E-state index contributed by atoms with van der Waals surface area (Å²) in [5.74, 6) is -0.173. The molecular formula is C16H25FN2. The highest BCUT2D eigenvalue weighted by Crippen LogP contribution is 2.30. The van der Waals surface area contributed by atoms with Gasteiger partial charge in [-0.05, 0) is 61.0 Å². The van der Waals surface area contributed by atoms with Gasteiger partial charge in [-0.25, -0.2) is 4.39 Å². The molecule has 106 valence electrons. The maximum atomic E-state index is 13.5. The summed E-state index contributed by atoms with van der Waals surface area (Å²) in [4.78, 5) is 2.43. The number of hydrogen-bond acceptors (Lipinski definition) is 2. The van der Waals surface area contributed by atoms with E-state index >= 15 is 0 Å². The Kier molecular flexibility index (Phi) is 4.58. The van der Waals surface area contributed by atoms with Crippen molar-refractivity contribution in [3.8, 4) is 0 Å². The monoisotopic (exact) mass is 264 g/mol. The molecule has 0 atom stereocenters. The van der Waals surface area contributed by atoms with Crippen molar-refractivity contribution in [1.29, 1.82) is 0 Å². The highest BCUT2D eigenvalue weighted by molar-refractivity contribution is 5.24. The van der Waals surface area contributed by atoms with Crippen LogP contribution in [-0.2, 0) is 13.1 Å². The minimum Gasteiger partial charge on any atom is -0.326 e. The van der Waals surface area contributed by atoms with Gasteiger partial charge in [-0.15, -0.1) is 0 Å². The van der Waals surface area contributed by atoms with Gasteiger partial charge in [0.25, 0.3) is 0 Å². The topological polar surface area (TPSA) is 29.3 Å². The fourth-order valence-electron chi connectivity index (χ4n) is 2.82. The quantitative estimate of drug-likeness (QED) is 0.907. The second-order valence-corrected chi connectivity index (χ2v) is 6.47. The first kappa shape index (κ1) is 14.5. The fourth-order valence-corrected chi connectivity index (χ4v) is 2.82. The van der Waals surface area contributed by atoms with E-state index in [0.29, 0.717) is 12.0 Å². The van der Waals surface area contributed by atoms with Crippen LogP contribution < -0.4 is 5.73 Å². The molecule has 1 aliphatic rings. The second kappa shape index (κ2) is 6.02. The van der Waals surface area contributed by atoms with Gasteiger partial charge in [0.2, 0.25) is 0 Å². The summed E-state index contributed by atoms with van der Waals surface area (Å²) in [7, 11) is 0. The summed E-state index contributed by atoms with van der Waals surface area (Å²) < 4.78 is 13.5. The molecule has 2 nitrogen and oxygen atoms in total. The third kappa shape index (κ3) is 4.29. The van der Waals surface area contributed by atoms with E-state index in [0.717, 1.165) is 30.8 Å². The van der Waals surface area contributed by atoms with Gasteiger partial charge in [-0.1, -0.05) is 19.9 Å². The first-order valence-corrected chi connectivity index (χ1v) is 7.19. The molecule has 1 saturated heterocycles. The van der Waals surface area contributed by atoms with E-state index in [2.05, 4.69) is 18.7 Å². The van der Waals surface area contributed by atoms with Crippen LogP contribution in [0.5, 0.6) is 0 Å². The van der Waals surface area contributed by atoms with Crippen molar-refractivity contribution in [2.75, 3.05) is 13.1 Å². The summed E-state index contributed by atoms with van der Waals surface area (Å²) in [6.07, 6.45) is 3.72. The Morgan fingerprint density at radius 1 is 1.16 bits per heavy atom. The molecule has 0 spiro atoms. The molecule has 0 saturated carbocycles. The Morgan fingerprint density at radius 3 is 2.63 bits per heavy atom. The normalized spacial score (nSPS) is 20.2. The third-order valence-corrected chi connectivity index (χ3v) is 4.09. The zero-order chi connectivity index (χ0) is 13.9. The molecule has 0 aliphatic carbocycles. The molecule has 1 aromatic carbocycles. The number of halogens is 1. The number of nitrogens with zero attached hydrogens (tertiary/aromatic N) is 1. The van der Waals surface area contributed by atoms with Gasteiger partial charge in [0.15, 0.2) is 0 Å². The summed E-state index contributed by atoms with van der Waals surface area (Å²) in [6.45, 7) is 8.12. The van der Waals surface area contributed by atoms with Crippen molar-refractivity contribution < 1.29 is 4.39 Å². The number of benzene rings is 1. The van der Waals surface area contributed by atoms with E-state index in [1.807, 2.05) is 6.07 Å². The Morgan fingerprint density at radius 2 is 1.89 bits per heavy atom. The van der Waals surface area contributed by atoms with Crippen molar-refractivity contribution in [3.05, 3.63) is 35.1 Å². The van der Waals surface area contributed by atoms with E-state index in [9.17, 15) is 4.39 Å². The van der Waals surface area contributed by atoms with Gasteiger partial charge in [0.1, 0.15) is 5.82 Å². The number of likely N-dealkylation sites (tertiary alicyclic amines) is 1. The predicted octanol–water partition coefficient (Wildman–Crippen LogP) is 3.30. The summed E-state index contributed by atoms with van der Waals surface area (Å²) in [5.41, 5.74) is 7.97. The van der Waals surface area contributed by atoms with Crippen LogP contribution in [0.15, 0.2) is 18.2 Å². The first-order valence-electron chi connectivity index (χ1n) is 7.19. The van der Waals surface area contributed by atoms with Crippen LogP contribution in [0.4, 0.5) is 4.39 Å². The molecular weight excluding hydrogens is 239 g/mol. The number of nitrogens with two attached hydrogens (primary N) is 1. The van der Waals surface area contributed by atoms with Gasteiger partial charge >= 0.3 is 0 Å². The van der Waals surface area contributed by atoms with E-state index in [4.69, 9.17) is 5.73 Å². The first-order chi connectivity index (χ1) is 8.98. The molecule has 1 heterocycles. The standard InChI is InChI=1S/C16H25FN2/c1-16(2)4-3-6-19(7-5-16)12-14-8-13(11-18)9-15(17)10-14/h8-10H,3-7,11-12,18H2,1-2H3. The van der Waals surface area contributed by atoms with Gasteiger partial charge in [-0.3, -0.25) is 4.90 Å².